The first-order chi connectivity index (χ1) is 13.4. The lowest BCUT2D eigenvalue weighted by molar-refractivity contribution is 0.0599. The molecule has 144 valence electrons. The van der Waals surface area contributed by atoms with Crippen molar-refractivity contribution in [3.8, 4) is 0 Å². The molecule has 3 heterocycles. The van der Waals surface area contributed by atoms with Crippen molar-refractivity contribution in [3.63, 3.8) is 0 Å². The minimum absolute atomic E-state index is 0.162. The minimum Gasteiger partial charge on any atom is -0.465 e. The number of benzene rings is 1. The molecule has 4 rings (SSSR count). The highest BCUT2D eigenvalue weighted by Crippen LogP contribution is 2.34. The van der Waals surface area contributed by atoms with Gasteiger partial charge in [0.15, 0.2) is 0 Å². The zero-order chi connectivity index (χ0) is 20.0. The Labute approximate surface area is 165 Å². The molecule has 2 aromatic heterocycles. The number of hydrogen-bond acceptors (Lipinski definition) is 6. The van der Waals surface area contributed by atoms with Gasteiger partial charge in [0, 0.05) is 19.3 Å². The van der Waals surface area contributed by atoms with Crippen molar-refractivity contribution in [1.29, 1.82) is 0 Å². The number of amides is 1. The van der Waals surface area contributed by atoms with Crippen LogP contribution in [0.4, 0.5) is 5.69 Å². The van der Waals surface area contributed by atoms with Crippen molar-refractivity contribution in [2.75, 3.05) is 18.6 Å². The summed E-state index contributed by atoms with van der Waals surface area (Å²) in [7, 11) is 2.99. The third-order valence-corrected chi connectivity index (χ3v) is 6.29. The van der Waals surface area contributed by atoms with Gasteiger partial charge in [-0.3, -0.25) is 9.59 Å². The van der Waals surface area contributed by atoms with Crippen LogP contribution < -0.4 is 10.5 Å². The average Bonchev–Trinajstić information content (AvgIpc) is 3.05. The molecule has 0 saturated carbocycles. The molecular weight excluding hydrogens is 378 g/mol. The SMILES string of the molecule is COC(=O)c1cccc2c1CCCN2C(=O)c1sc2ncn(C)c(=O)c2c1C. The van der Waals surface area contributed by atoms with Gasteiger partial charge in [-0.1, -0.05) is 6.07 Å². The monoisotopic (exact) mass is 397 g/mol. The van der Waals surface area contributed by atoms with Gasteiger partial charge in [0.1, 0.15) is 4.83 Å². The summed E-state index contributed by atoms with van der Waals surface area (Å²) in [5, 5.41) is 0.485. The van der Waals surface area contributed by atoms with Gasteiger partial charge in [-0.25, -0.2) is 9.78 Å². The van der Waals surface area contributed by atoms with Gasteiger partial charge in [0.05, 0.1) is 29.3 Å². The Kier molecular flexibility index (Phi) is 4.50. The lowest BCUT2D eigenvalue weighted by Crippen LogP contribution is -2.36. The second-order valence-corrected chi connectivity index (χ2v) is 7.75. The number of hydrogen-bond donors (Lipinski definition) is 0. The first-order valence-corrected chi connectivity index (χ1v) is 9.72. The molecule has 28 heavy (non-hydrogen) atoms. The third-order valence-electron chi connectivity index (χ3n) is 5.11. The van der Waals surface area contributed by atoms with Crippen LogP contribution in [0, 0.1) is 6.92 Å². The molecule has 1 aliphatic rings. The zero-order valence-corrected chi connectivity index (χ0v) is 16.6. The fraction of sp³-hybridized carbons (Fsp3) is 0.300. The fourth-order valence-corrected chi connectivity index (χ4v) is 4.76. The van der Waals surface area contributed by atoms with Crippen LogP contribution in [0.15, 0.2) is 29.3 Å². The van der Waals surface area contributed by atoms with E-state index in [1.807, 2.05) is 6.07 Å². The molecule has 1 aliphatic heterocycles. The summed E-state index contributed by atoms with van der Waals surface area (Å²) in [6.45, 7) is 2.33. The van der Waals surface area contributed by atoms with E-state index in [0.717, 1.165) is 17.7 Å². The van der Waals surface area contributed by atoms with E-state index in [0.29, 0.717) is 39.2 Å². The molecule has 0 fully saturated rings. The van der Waals surface area contributed by atoms with E-state index in [1.165, 1.54) is 29.3 Å². The van der Waals surface area contributed by atoms with E-state index in [9.17, 15) is 14.4 Å². The Morgan fingerprint density at radius 1 is 1.29 bits per heavy atom. The summed E-state index contributed by atoms with van der Waals surface area (Å²) >= 11 is 1.23. The minimum atomic E-state index is -0.406. The summed E-state index contributed by atoms with van der Waals surface area (Å²) < 4.78 is 6.29. The van der Waals surface area contributed by atoms with Crippen LogP contribution >= 0.6 is 11.3 Å². The molecule has 7 nitrogen and oxygen atoms in total. The first kappa shape index (κ1) is 18.4. The van der Waals surface area contributed by atoms with E-state index < -0.39 is 5.97 Å². The number of ether oxygens (including phenoxy) is 1. The smallest absolute Gasteiger partial charge is 0.338 e. The van der Waals surface area contributed by atoms with E-state index in [4.69, 9.17) is 4.74 Å². The predicted octanol–water partition coefficient (Wildman–Crippen LogP) is 2.68. The largest absolute Gasteiger partial charge is 0.465 e. The number of aryl methyl sites for hydroxylation is 2. The number of carbonyl (C=O) groups is 2. The summed E-state index contributed by atoms with van der Waals surface area (Å²) in [5.74, 6) is -0.581. The van der Waals surface area contributed by atoms with Crippen molar-refractivity contribution in [2.24, 2.45) is 7.05 Å². The molecule has 0 N–H and O–H groups in total. The highest BCUT2D eigenvalue weighted by molar-refractivity contribution is 7.20. The third kappa shape index (κ3) is 2.72. The number of carbonyl (C=O) groups excluding carboxylic acids is 2. The molecule has 0 radical (unpaired) electrons. The fourth-order valence-electron chi connectivity index (χ4n) is 3.67. The second kappa shape index (κ2) is 6.87. The van der Waals surface area contributed by atoms with Crippen molar-refractivity contribution in [1.82, 2.24) is 9.55 Å². The Balaban J connectivity index is 1.82. The number of fused-ring (bicyclic) bond motifs is 2. The first-order valence-electron chi connectivity index (χ1n) is 8.90. The summed E-state index contributed by atoms with van der Waals surface area (Å²) in [6.07, 6.45) is 2.92. The van der Waals surface area contributed by atoms with E-state index in [2.05, 4.69) is 4.98 Å². The molecule has 0 aliphatic carbocycles. The Hall–Kier alpha value is -3.00. The van der Waals surface area contributed by atoms with Gasteiger partial charge < -0.3 is 14.2 Å². The topological polar surface area (TPSA) is 81.5 Å². The van der Waals surface area contributed by atoms with Crippen molar-refractivity contribution < 1.29 is 14.3 Å². The number of rotatable bonds is 2. The summed E-state index contributed by atoms with van der Waals surface area (Å²) in [5.41, 5.74) is 2.51. The molecule has 0 atom stereocenters. The van der Waals surface area contributed by atoms with Gasteiger partial charge in [-0.2, -0.15) is 0 Å². The number of anilines is 1. The number of esters is 1. The maximum absolute atomic E-state index is 13.4. The van der Waals surface area contributed by atoms with Gasteiger partial charge >= 0.3 is 5.97 Å². The maximum Gasteiger partial charge on any atom is 0.338 e. The molecule has 0 bridgehead atoms. The zero-order valence-electron chi connectivity index (χ0n) is 15.8. The van der Waals surface area contributed by atoms with Crippen LogP contribution in [0.2, 0.25) is 0 Å². The predicted molar refractivity (Wildman–Crippen MR) is 107 cm³/mol. The van der Waals surface area contributed by atoms with Crippen LogP contribution in [0.5, 0.6) is 0 Å². The molecule has 0 unspecified atom stereocenters. The maximum atomic E-state index is 13.4. The number of nitrogens with zero attached hydrogens (tertiary/aromatic N) is 3. The molecular formula is C20H19N3O4S. The normalized spacial score (nSPS) is 13.5. The van der Waals surface area contributed by atoms with Gasteiger partial charge in [-0.15, -0.1) is 11.3 Å². The molecule has 1 amide bonds. The van der Waals surface area contributed by atoms with Gasteiger partial charge in [-0.05, 0) is 43.0 Å². The standard InChI is InChI=1S/C20H19N3O4S/c1-11-15-17(21-10-22(2)18(15)24)28-16(11)19(25)23-9-5-7-12-13(20(26)27-3)6-4-8-14(12)23/h4,6,8,10H,5,7,9H2,1-3H3. The van der Waals surface area contributed by atoms with Crippen LogP contribution in [0.3, 0.4) is 0 Å². The number of aromatic nitrogens is 2. The molecule has 8 heteroatoms. The van der Waals surface area contributed by atoms with Crippen molar-refractivity contribution in [2.45, 2.75) is 19.8 Å². The summed E-state index contributed by atoms with van der Waals surface area (Å²) in [4.78, 5) is 45.0. The Bertz CT molecular complexity index is 1180. The van der Waals surface area contributed by atoms with E-state index in [1.54, 1.807) is 31.0 Å². The van der Waals surface area contributed by atoms with Gasteiger partial charge in [0.25, 0.3) is 11.5 Å². The lowest BCUT2D eigenvalue weighted by atomic mass is 9.96. The van der Waals surface area contributed by atoms with Crippen molar-refractivity contribution >= 4 is 39.1 Å². The van der Waals surface area contributed by atoms with Crippen molar-refractivity contribution in [3.05, 3.63) is 56.4 Å². The lowest BCUT2D eigenvalue weighted by Gasteiger charge is -2.30. The number of thiophene rings is 1. The quantitative estimate of drug-likeness (QED) is 0.621. The Morgan fingerprint density at radius 2 is 2.07 bits per heavy atom. The molecule has 0 spiro atoms. The van der Waals surface area contributed by atoms with Crippen LogP contribution in [-0.2, 0) is 18.2 Å². The van der Waals surface area contributed by atoms with Crippen LogP contribution in [-0.4, -0.2) is 35.1 Å². The average molecular weight is 397 g/mol. The molecule has 0 saturated heterocycles. The molecule has 1 aromatic carbocycles. The second-order valence-electron chi connectivity index (χ2n) is 6.75. The Morgan fingerprint density at radius 3 is 2.82 bits per heavy atom. The van der Waals surface area contributed by atoms with Crippen LogP contribution in [0.25, 0.3) is 10.2 Å². The highest BCUT2D eigenvalue weighted by atomic mass is 32.1. The van der Waals surface area contributed by atoms with Gasteiger partial charge in [0.2, 0.25) is 0 Å². The highest BCUT2D eigenvalue weighted by Gasteiger charge is 2.29. The van der Waals surface area contributed by atoms with E-state index >= 15 is 0 Å². The summed E-state index contributed by atoms with van der Waals surface area (Å²) in [6, 6.07) is 5.32. The number of methoxy groups -OCH3 is 1. The van der Waals surface area contributed by atoms with E-state index in [-0.39, 0.29) is 11.5 Å². The molecule has 3 aromatic rings. The van der Waals surface area contributed by atoms with Crippen LogP contribution in [0.1, 0.15) is 37.6 Å².